The van der Waals surface area contributed by atoms with Crippen LogP contribution >= 0.6 is 11.6 Å². The highest BCUT2D eigenvalue weighted by Crippen LogP contribution is 2.23. The average molecular weight is 290 g/mol. The number of carbonyl (C=O) groups is 1. The number of pyridine rings is 1. The summed E-state index contributed by atoms with van der Waals surface area (Å²) < 4.78 is 0. The number of nitrogens with zero attached hydrogens (tertiary/aromatic N) is 2. The monoisotopic (exact) mass is 289 g/mol. The first kappa shape index (κ1) is 14.3. The van der Waals surface area contributed by atoms with Gasteiger partial charge in [0.2, 0.25) is 0 Å². The molecule has 1 aromatic carbocycles. The number of nitrogens with one attached hydrogen (secondary N) is 1. The van der Waals surface area contributed by atoms with Crippen LogP contribution in [-0.4, -0.2) is 23.0 Å². The highest BCUT2D eigenvalue weighted by Gasteiger charge is 2.18. The summed E-state index contributed by atoms with van der Waals surface area (Å²) in [5.74, 6) is 0. The van der Waals surface area contributed by atoms with Crippen LogP contribution in [0.15, 0.2) is 48.8 Å². The number of aromatic nitrogens is 1. The van der Waals surface area contributed by atoms with Crippen molar-refractivity contribution in [2.45, 2.75) is 13.0 Å². The van der Waals surface area contributed by atoms with E-state index in [-0.39, 0.29) is 12.1 Å². The molecule has 1 aromatic heterocycles. The van der Waals surface area contributed by atoms with Crippen LogP contribution in [0.3, 0.4) is 0 Å². The standard InChI is InChI=1S/C15H16ClN3O/c1-11(12-6-5-9-17-10-12)19(2)15(20)18-14-8-4-3-7-13(14)16/h3-11H,1-2H3,(H,18,20). The maximum absolute atomic E-state index is 12.2. The third-order valence-corrected chi connectivity index (χ3v) is 3.51. The van der Waals surface area contributed by atoms with Gasteiger partial charge in [-0.15, -0.1) is 0 Å². The summed E-state index contributed by atoms with van der Waals surface area (Å²) in [5, 5.41) is 3.31. The molecule has 0 saturated carbocycles. The zero-order valence-electron chi connectivity index (χ0n) is 11.4. The number of halogens is 1. The molecule has 5 heteroatoms. The number of para-hydroxylation sites is 1. The van der Waals surface area contributed by atoms with Crippen LogP contribution in [0.2, 0.25) is 5.02 Å². The quantitative estimate of drug-likeness (QED) is 0.929. The highest BCUT2D eigenvalue weighted by molar-refractivity contribution is 6.33. The lowest BCUT2D eigenvalue weighted by Crippen LogP contribution is -2.33. The van der Waals surface area contributed by atoms with Crippen molar-refractivity contribution in [3.8, 4) is 0 Å². The number of rotatable bonds is 3. The zero-order chi connectivity index (χ0) is 14.5. The highest BCUT2D eigenvalue weighted by atomic mass is 35.5. The van der Waals surface area contributed by atoms with E-state index in [9.17, 15) is 4.79 Å². The van der Waals surface area contributed by atoms with Crippen LogP contribution in [-0.2, 0) is 0 Å². The average Bonchev–Trinajstić information content (AvgIpc) is 2.49. The second-order valence-electron chi connectivity index (χ2n) is 4.48. The molecule has 1 atom stereocenters. The molecule has 104 valence electrons. The normalized spacial score (nSPS) is 11.8. The Morgan fingerprint density at radius 3 is 2.70 bits per heavy atom. The molecule has 0 bridgehead atoms. The van der Waals surface area contributed by atoms with Gasteiger partial charge in [0.15, 0.2) is 0 Å². The minimum atomic E-state index is -0.213. The fourth-order valence-electron chi connectivity index (χ4n) is 1.79. The number of hydrogen-bond acceptors (Lipinski definition) is 2. The smallest absolute Gasteiger partial charge is 0.321 e. The van der Waals surface area contributed by atoms with Gasteiger partial charge in [-0.25, -0.2) is 4.79 Å². The van der Waals surface area contributed by atoms with Gasteiger partial charge in [0.25, 0.3) is 0 Å². The molecule has 0 aliphatic rings. The largest absolute Gasteiger partial charge is 0.322 e. The Morgan fingerprint density at radius 1 is 1.30 bits per heavy atom. The van der Waals surface area contributed by atoms with Crippen LogP contribution in [0.5, 0.6) is 0 Å². The van der Waals surface area contributed by atoms with Gasteiger partial charge in [-0.3, -0.25) is 4.98 Å². The molecule has 2 rings (SSSR count). The number of carbonyl (C=O) groups excluding carboxylic acids is 1. The molecule has 0 aliphatic heterocycles. The fraction of sp³-hybridized carbons (Fsp3) is 0.200. The van der Waals surface area contributed by atoms with Crippen molar-refractivity contribution >= 4 is 23.3 Å². The van der Waals surface area contributed by atoms with Gasteiger partial charge in [-0.05, 0) is 30.7 Å². The fourth-order valence-corrected chi connectivity index (χ4v) is 1.97. The first-order valence-electron chi connectivity index (χ1n) is 6.28. The molecule has 0 fully saturated rings. The number of benzene rings is 1. The topological polar surface area (TPSA) is 45.2 Å². The predicted molar refractivity (Wildman–Crippen MR) is 80.9 cm³/mol. The van der Waals surface area contributed by atoms with E-state index in [0.29, 0.717) is 10.7 Å². The molecule has 0 aliphatic carbocycles. The van der Waals surface area contributed by atoms with Gasteiger partial charge < -0.3 is 10.2 Å². The summed E-state index contributed by atoms with van der Waals surface area (Å²) >= 11 is 6.03. The van der Waals surface area contributed by atoms with Gasteiger partial charge in [-0.2, -0.15) is 0 Å². The lowest BCUT2D eigenvalue weighted by molar-refractivity contribution is 0.208. The summed E-state index contributed by atoms with van der Waals surface area (Å²) in [6.45, 7) is 1.95. The van der Waals surface area contributed by atoms with E-state index in [1.807, 2.05) is 31.2 Å². The molecule has 1 N–H and O–H groups in total. The first-order chi connectivity index (χ1) is 9.59. The van der Waals surface area contributed by atoms with Crippen molar-refractivity contribution in [3.63, 3.8) is 0 Å². The lowest BCUT2D eigenvalue weighted by atomic mass is 10.1. The van der Waals surface area contributed by atoms with Crippen molar-refractivity contribution in [2.75, 3.05) is 12.4 Å². The maximum atomic E-state index is 12.2. The minimum absolute atomic E-state index is 0.0776. The zero-order valence-corrected chi connectivity index (χ0v) is 12.1. The molecular formula is C15H16ClN3O. The maximum Gasteiger partial charge on any atom is 0.322 e. The Kier molecular flexibility index (Phi) is 4.58. The Labute approximate surface area is 123 Å². The van der Waals surface area contributed by atoms with E-state index in [4.69, 9.17) is 11.6 Å². The molecule has 0 saturated heterocycles. The van der Waals surface area contributed by atoms with Crippen LogP contribution < -0.4 is 5.32 Å². The van der Waals surface area contributed by atoms with E-state index in [1.54, 1.807) is 36.5 Å². The Hall–Kier alpha value is -2.07. The van der Waals surface area contributed by atoms with E-state index < -0.39 is 0 Å². The van der Waals surface area contributed by atoms with Crippen molar-refractivity contribution in [2.24, 2.45) is 0 Å². The molecular weight excluding hydrogens is 274 g/mol. The Balaban J connectivity index is 2.08. The summed E-state index contributed by atoms with van der Waals surface area (Å²) in [4.78, 5) is 17.9. The summed E-state index contributed by atoms with van der Waals surface area (Å²) in [6, 6.07) is 10.7. The van der Waals surface area contributed by atoms with E-state index in [0.717, 1.165) is 5.56 Å². The molecule has 1 unspecified atom stereocenters. The molecule has 4 nitrogen and oxygen atoms in total. The van der Waals surface area contributed by atoms with Crippen LogP contribution in [0.25, 0.3) is 0 Å². The SMILES string of the molecule is CC(c1cccnc1)N(C)C(=O)Nc1ccccc1Cl. The Bertz CT molecular complexity index is 589. The van der Waals surface area contributed by atoms with Crippen LogP contribution in [0, 0.1) is 0 Å². The van der Waals surface area contributed by atoms with E-state index in [1.165, 1.54) is 0 Å². The van der Waals surface area contributed by atoms with Crippen LogP contribution in [0.1, 0.15) is 18.5 Å². The number of amides is 2. The van der Waals surface area contributed by atoms with Gasteiger partial charge >= 0.3 is 6.03 Å². The van der Waals surface area contributed by atoms with Gasteiger partial charge in [0, 0.05) is 19.4 Å². The third-order valence-electron chi connectivity index (χ3n) is 3.18. The molecule has 0 spiro atoms. The van der Waals surface area contributed by atoms with Gasteiger partial charge in [-0.1, -0.05) is 29.8 Å². The number of urea groups is 1. The van der Waals surface area contributed by atoms with E-state index in [2.05, 4.69) is 10.3 Å². The number of hydrogen-bond donors (Lipinski definition) is 1. The van der Waals surface area contributed by atoms with Crippen molar-refractivity contribution < 1.29 is 4.79 Å². The summed E-state index contributed by atoms with van der Waals surface area (Å²) in [6.07, 6.45) is 3.46. The van der Waals surface area contributed by atoms with Crippen molar-refractivity contribution in [1.82, 2.24) is 9.88 Å². The second-order valence-corrected chi connectivity index (χ2v) is 4.89. The van der Waals surface area contributed by atoms with Gasteiger partial charge in [0.1, 0.15) is 0 Å². The Morgan fingerprint density at radius 2 is 2.05 bits per heavy atom. The van der Waals surface area contributed by atoms with Gasteiger partial charge in [0.05, 0.1) is 16.8 Å². The first-order valence-corrected chi connectivity index (χ1v) is 6.65. The number of anilines is 1. The minimum Gasteiger partial charge on any atom is -0.321 e. The van der Waals surface area contributed by atoms with Crippen molar-refractivity contribution in [1.29, 1.82) is 0 Å². The molecule has 20 heavy (non-hydrogen) atoms. The third kappa shape index (κ3) is 3.27. The summed E-state index contributed by atoms with van der Waals surface area (Å²) in [5.41, 5.74) is 1.58. The second kappa shape index (κ2) is 6.39. The summed E-state index contributed by atoms with van der Waals surface area (Å²) in [7, 11) is 1.74. The predicted octanol–water partition coefficient (Wildman–Crippen LogP) is 3.96. The van der Waals surface area contributed by atoms with Crippen molar-refractivity contribution in [3.05, 3.63) is 59.4 Å². The lowest BCUT2D eigenvalue weighted by Gasteiger charge is -2.25. The molecule has 2 amide bonds. The van der Waals surface area contributed by atoms with Crippen LogP contribution in [0.4, 0.5) is 10.5 Å². The molecule has 0 radical (unpaired) electrons. The molecule has 1 heterocycles. The molecule has 2 aromatic rings. The van der Waals surface area contributed by atoms with E-state index >= 15 is 0 Å².